The highest BCUT2D eigenvalue weighted by molar-refractivity contribution is 6.32. The number of carbonyl (C=O) groups is 2. The van der Waals surface area contributed by atoms with Gasteiger partial charge in [-0.05, 0) is 32.0 Å². The molecule has 0 aliphatic carbocycles. The molecule has 6 heteroatoms. The zero-order valence-corrected chi connectivity index (χ0v) is 13.3. The fourth-order valence-corrected chi connectivity index (χ4v) is 1.85. The van der Waals surface area contributed by atoms with E-state index in [4.69, 9.17) is 21.4 Å². The molecule has 0 fully saturated rings. The van der Waals surface area contributed by atoms with Gasteiger partial charge in [-0.3, -0.25) is 9.59 Å². The number of benzene rings is 1. The maximum atomic E-state index is 12.0. The average Bonchev–Trinajstić information content (AvgIpc) is 2.39. The van der Waals surface area contributed by atoms with Crippen molar-refractivity contribution in [3.05, 3.63) is 23.2 Å². The van der Waals surface area contributed by atoms with Gasteiger partial charge in [-0.2, -0.15) is 0 Å². The SMILES string of the molecule is CC(C)Oc1ccc(NC(=O)C(C)C(C)C(=O)O)cc1Cl. The van der Waals surface area contributed by atoms with Gasteiger partial charge in [0.25, 0.3) is 0 Å². The molecule has 1 rings (SSSR count). The summed E-state index contributed by atoms with van der Waals surface area (Å²) in [7, 11) is 0. The Hall–Kier alpha value is -1.75. The van der Waals surface area contributed by atoms with Crippen LogP contribution in [0.4, 0.5) is 5.69 Å². The Labute approximate surface area is 129 Å². The van der Waals surface area contributed by atoms with Crippen molar-refractivity contribution >= 4 is 29.2 Å². The summed E-state index contributed by atoms with van der Waals surface area (Å²) in [6, 6.07) is 4.91. The van der Waals surface area contributed by atoms with E-state index in [1.807, 2.05) is 13.8 Å². The predicted molar refractivity (Wildman–Crippen MR) is 81.8 cm³/mol. The Morgan fingerprint density at radius 3 is 2.29 bits per heavy atom. The highest BCUT2D eigenvalue weighted by atomic mass is 35.5. The second kappa shape index (κ2) is 7.31. The van der Waals surface area contributed by atoms with Crippen LogP contribution in [0.2, 0.25) is 5.02 Å². The van der Waals surface area contributed by atoms with Crippen molar-refractivity contribution in [2.24, 2.45) is 11.8 Å². The molecule has 2 atom stereocenters. The van der Waals surface area contributed by atoms with E-state index in [1.54, 1.807) is 25.1 Å². The highest BCUT2D eigenvalue weighted by Gasteiger charge is 2.25. The van der Waals surface area contributed by atoms with Crippen LogP contribution in [0.25, 0.3) is 0 Å². The van der Waals surface area contributed by atoms with Crippen LogP contribution in [0.5, 0.6) is 5.75 Å². The van der Waals surface area contributed by atoms with Gasteiger partial charge in [0.05, 0.1) is 17.0 Å². The number of carbonyl (C=O) groups excluding carboxylic acids is 1. The van der Waals surface area contributed by atoms with Gasteiger partial charge >= 0.3 is 5.97 Å². The van der Waals surface area contributed by atoms with E-state index < -0.39 is 17.8 Å². The monoisotopic (exact) mass is 313 g/mol. The molecule has 1 aromatic carbocycles. The van der Waals surface area contributed by atoms with Crippen LogP contribution in [-0.2, 0) is 9.59 Å². The number of nitrogens with one attached hydrogen (secondary N) is 1. The molecule has 0 aliphatic heterocycles. The second-order valence-corrected chi connectivity index (χ2v) is 5.62. The number of hydrogen-bond acceptors (Lipinski definition) is 3. The molecule has 0 spiro atoms. The van der Waals surface area contributed by atoms with Crippen LogP contribution in [0.15, 0.2) is 18.2 Å². The van der Waals surface area contributed by atoms with Crippen LogP contribution >= 0.6 is 11.6 Å². The summed E-state index contributed by atoms with van der Waals surface area (Å²) in [4.78, 5) is 22.9. The van der Waals surface area contributed by atoms with Gasteiger partial charge in [-0.25, -0.2) is 0 Å². The lowest BCUT2D eigenvalue weighted by Gasteiger charge is -2.17. The van der Waals surface area contributed by atoms with E-state index in [2.05, 4.69) is 5.32 Å². The van der Waals surface area contributed by atoms with E-state index >= 15 is 0 Å². The van der Waals surface area contributed by atoms with Crippen molar-refractivity contribution in [2.75, 3.05) is 5.32 Å². The number of ether oxygens (including phenoxy) is 1. The molecule has 2 N–H and O–H groups in total. The van der Waals surface area contributed by atoms with Crippen LogP contribution in [0.3, 0.4) is 0 Å². The molecule has 0 saturated carbocycles. The smallest absolute Gasteiger partial charge is 0.307 e. The van der Waals surface area contributed by atoms with Crippen molar-refractivity contribution in [2.45, 2.75) is 33.8 Å². The molecule has 0 aromatic heterocycles. The van der Waals surface area contributed by atoms with Crippen LogP contribution in [0.1, 0.15) is 27.7 Å². The lowest BCUT2D eigenvalue weighted by Crippen LogP contribution is -2.29. The number of hydrogen-bond donors (Lipinski definition) is 2. The third-order valence-electron chi connectivity index (χ3n) is 3.12. The summed E-state index contributed by atoms with van der Waals surface area (Å²) < 4.78 is 5.50. The molecule has 0 radical (unpaired) electrons. The Morgan fingerprint density at radius 1 is 1.19 bits per heavy atom. The third-order valence-corrected chi connectivity index (χ3v) is 3.41. The van der Waals surface area contributed by atoms with Gasteiger partial charge in [-0.1, -0.05) is 25.4 Å². The number of amides is 1. The number of anilines is 1. The van der Waals surface area contributed by atoms with Gasteiger partial charge in [0, 0.05) is 11.6 Å². The maximum absolute atomic E-state index is 12.0. The summed E-state index contributed by atoms with van der Waals surface area (Å²) in [5, 5.41) is 12.0. The fourth-order valence-electron chi connectivity index (χ4n) is 1.63. The topological polar surface area (TPSA) is 75.6 Å². The highest BCUT2D eigenvalue weighted by Crippen LogP contribution is 2.29. The number of halogens is 1. The van der Waals surface area contributed by atoms with Crippen molar-refractivity contribution in [3.63, 3.8) is 0 Å². The van der Waals surface area contributed by atoms with Crippen molar-refractivity contribution in [1.82, 2.24) is 0 Å². The van der Waals surface area contributed by atoms with E-state index in [1.165, 1.54) is 6.92 Å². The molecular formula is C15H20ClNO4. The van der Waals surface area contributed by atoms with Gasteiger partial charge in [0.15, 0.2) is 0 Å². The number of carboxylic acids is 1. The zero-order valence-electron chi connectivity index (χ0n) is 12.5. The maximum Gasteiger partial charge on any atom is 0.307 e. The van der Waals surface area contributed by atoms with Crippen LogP contribution < -0.4 is 10.1 Å². The van der Waals surface area contributed by atoms with Gasteiger partial charge in [0.1, 0.15) is 5.75 Å². The molecular weight excluding hydrogens is 294 g/mol. The molecule has 0 heterocycles. The Bertz CT molecular complexity index is 530. The molecule has 116 valence electrons. The first-order chi connectivity index (χ1) is 9.72. The summed E-state index contributed by atoms with van der Waals surface area (Å²) in [5.74, 6) is -2.23. The molecule has 2 unspecified atom stereocenters. The molecule has 0 aliphatic rings. The molecule has 1 amide bonds. The minimum atomic E-state index is -1.00. The number of rotatable bonds is 6. The normalized spacial score (nSPS) is 13.6. The minimum Gasteiger partial charge on any atom is -0.489 e. The van der Waals surface area contributed by atoms with Crippen LogP contribution in [0, 0.1) is 11.8 Å². The number of aliphatic carboxylic acids is 1. The third kappa shape index (κ3) is 4.93. The van der Waals surface area contributed by atoms with Gasteiger partial charge < -0.3 is 15.2 Å². The summed E-state index contributed by atoms with van der Waals surface area (Å²) in [6.07, 6.45) is -0.000575. The van der Waals surface area contributed by atoms with E-state index in [0.29, 0.717) is 16.5 Å². The lowest BCUT2D eigenvalue weighted by atomic mass is 9.95. The minimum absolute atomic E-state index is 0.000575. The Kier molecular flexibility index (Phi) is 6.03. The molecule has 0 bridgehead atoms. The summed E-state index contributed by atoms with van der Waals surface area (Å²) >= 11 is 6.08. The molecule has 5 nitrogen and oxygen atoms in total. The number of carboxylic acid groups (broad SMARTS) is 1. The largest absolute Gasteiger partial charge is 0.489 e. The first-order valence-electron chi connectivity index (χ1n) is 6.72. The average molecular weight is 314 g/mol. The standard InChI is InChI=1S/C15H20ClNO4/c1-8(2)21-13-6-5-11(7-12(13)16)17-14(18)9(3)10(4)15(19)20/h5-10H,1-4H3,(H,17,18)(H,19,20). The molecule has 21 heavy (non-hydrogen) atoms. The first kappa shape index (κ1) is 17.3. The second-order valence-electron chi connectivity index (χ2n) is 5.22. The first-order valence-corrected chi connectivity index (χ1v) is 7.10. The molecule has 1 aromatic rings. The zero-order chi connectivity index (χ0) is 16.2. The summed E-state index contributed by atoms with van der Waals surface area (Å²) in [5.41, 5.74) is 0.505. The predicted octanol–water partition coefficient (Wildman–Crippen LogP) is 3.42. The van der Waals surface area contributed by atoms with Gasteiger partial charge in [-0.15, -0.1) is 0 Å². The van der Waals surface area contributed by atoms with E-state index in [9.17, 15) is 9.59 Å². The van der Waals surface area contributed by atoms with Gasteiger partial charge in [0.2, 0.25) is 5.91 Å². The van der Waals surface area contributed by atoms with E-state index in [0.717, 1.165) is 0 Å². The van der Waals surface area contributed by atoms with Crippen molar-refractivity contribution in [1.29, 1.82) is 0 Å². The van der Waals surface area contributed by atoms with Crippen LogP contribution in [-0.4, -0.2) is 23.1 Å². The van der Waals surface area contributed by atoms with Crippen molar-refractivity contribution < 1.29 is 19.4 Å². The quantitative estimate of drug-likeness (QED) is 0.843. The lowest BCUT2D eigenvalue weighted by molar-refractivity contribution is -0.145. The van der Waals surface area contributed by atoms with E-state index in [-0.39, 0.29) is 12.0 Å². The molecule has 0 saturated heterocycles. The summed E-state index contributed by atoms with van der Waals surface area (Å²) in [6.45, 7) is 6.85. The Morgan fingerprint density at radius 2 is 1.81 bits per heavy atom. The Balaban J connectivity index is 2.77. The fraction of sp³-hybridized carbons (Fsp3) is 0.467. The van der Waals surface area contributed by atoms with Crippen molar-refractivity contribution in [3.8, 4) is 5.75 Å².